The molecule has 7 rings (SSSR count). The number of nitrogens with zero attached hydrogens (tertiary/aromatic N) is 1. The van der Waals surface area contributed by atoms with Crippen molar-refractivity contribution in [3.63, 3.8) is 0 Å². The average Bonchev–Trinajstić information content (AvgIpc) is 3.40. The molecule has 1 aliphatic rings. The average molecular weight is 686 g/mol. The zero-order valence-corrected chi connectivity index (χ0v) is 29.6. The second kappa shape index (κ2) is 14.4. The number of carbonyl (C=O) groups is 2. The predicted molar refractivity (Wildman–Crippen MR) is 208 cm³/mol. The van der Waals surface area contributed by atoms with E-state index in [4.69, 9.17) is 14.2 Å². The normalized spacial score (nSPS) is 12.7. The lowest BCUT2D eigenvalue weighted by Gasteiger charge is -2.28. The number of hydrogen-bond acceptors (Lipinski definition) is 6. The third kappa shape index (κ3) is 6.96. The molecule has 6 aromatic rings. The summed E-state index contributed by atoms with van der Waals surface area (Å²) in [5.41, 5.74) is 12.3. The van der Waals surface area contributed by atoms with Gasteiger partial charge in [0.05, 0.1) is 7.11 Å². The summed E-state index contributed by atoms with van der Waals surface area (Å²) in [6.07, 6.45) is 1.22. The van der Waals surface area contributed by atoms with Crippen LogP contribution in [-0.4, -0.2) is 25.7 Å². The lowest BCUT2D eigenvalue weighted by Crippen LogP contribution is -2.16. The van der Waals surface area contributed by atoms with E-state index in [0.29, 0.717) is 5.75 Å². The van der Waals surface area contributed by atoms with Gasteiger partial charge in [-0.15, -0.1) is 0 Å². The SMILES string of the molecule is COc1ccc(C(=Cc2ccc(N(c3ccccc3)c3ccc4c(c3)C(C)(C)c3ccccc3-4)cc2)c2ccc(OC(=O)OCC(C)=O)cc2)cc1. The van der Waals surface area contributed by atoms with Crippen molar-refractivity contribution in [2.75, 3.05) is 18.6 Å². The lowest BCUT2D eigenvalue weighted by atomic mass is 9.82. The highest BCUT2D eigenvalue weighted by Crippen LogP contribution is 2.50. The Bertz CT molecular complexity index is 2250. The second-order valence-corrected chi connectivity index (χ2v) is 13.3. The van der Waals surface area contributed by atoms with Crippen molar-refractivity contribution in [2.45, 2.75) is 26.2 Å². The second-order valence-electron chi connectivity index (χ2n) is 13.3. The third-order valence-corrected chi connectivity index (χ3v) is 9.46. The van der Waals surface area contributed by atoms with E-state index in [2.05, 4.69) is 116 Å². The summed E-state index contributed by atoms with van der Waals surface area (Å²) in [6.45, 7) is 5.63. The van der Waals surface area contributed by atoms with Crippen LogP contribution < -0.4 is 14.4 Å². The fraction of sp³-hybridized carbons (Fsp3) is 0.130. The van der Waals surface area contributed by atoms with Gasteiger partial charge >= 0.3 is 6.16 Å². The van der Waals surface area contributed by atoms with Crippen LogP contribution in [0, 0.1) is 0 Å². The van der Waals surface area contributed by atoms with E-state index in [-0.39, 0.29) is 17.8 Å². The highest BCUT2D eigenvalue weighted by Gasteiger charge is 2.35. The van der Waals surface area contributed by atoms with Crippen molar-refractivity contribution in [1.29, 1.82) is 0 Å². The summed E-state index contributed by atoms with van der Waals surface area (Å²) < 4.78 is 15.5. The summed E-state index contributed by atoms with van der Waals surface area (Å²) >= 11 is 0. The van der Waals surface area contributed by atoms with Crippen LogP contribution >= 0.6 is 0 Å². The van der Waals surface area contributed by atoms with Crippen LogP contribution in [0.3, 0.4) is 0 Å². The fourth-order valence-electron chi connectivity index (χ4n) is 6.83. The van der Waals surface area contributed by atoms with Gasteiger partial charge in [0.15, 0.2) is 12.4 Å². The Morgan fingerprint density at radius 3 is 1.87 bits per heavy atom. The van der Waals surface area contributed by atoms with Crippen molar-refractivity contribution < 1.29 is 23.8 Å². The van der Waals surface area contributed by atoms with Gasteiger partial charge in [-0.3, -0.25) is 4.79 Å². The lowest BCUT2D eigenvalue weighted by molar-refractivity contribution is -0.120. The largest absolute Gasteiger partial charge is 0.514 e. The van der Waals surface area contributed by atoms with E-state index >= 15 is 0 Å². The molecule has 0 atom stereocenters. The van der Waals surface area contributed by atoms with Gasteiger partial charge in [0.1, 0.15) is 11.5 Å². The standard InChI is InChI=1S/C46H39NO5/c1-31(48)30-51-45(49)52-39-25-18-34(19-26-39)42(33-16-23-38(50-4)24-17-33)28-32-14-20-36(21-15-32)47(35-10-6-5-7-11-35)37-22-27-41-40-12-8-9-13-43(40)46(2,3)44(41)29-37/h5-29H,30H2,1-4H3. The molecule has 0 fully saturated rings. The molecule has 0 saturated carbocycles. The zero-order valence-electron chi connectivity index (χ0n) is 29.6. The molecule has 0 radical (unpaired) electrons. The van der Waals surface area contributed by atoms with Crippen molar-refractivity contribution in [3.8, 4) is 22.6 Å². The summed E-state index contributed by atoms with van der Waals surface area (Å²) in [5.74, 6) is 0.816. The van der Waals surface area contributed by atoms with E-state index in [1.54, 1.807) is 19.2 Å². The molecule has 0 bridgehead atoms. The Morgan fingerprint density at radius 2 is 1.21 bits per heavy atom. The van der Waals surface area contributed by atoms with Crippen LogP contribution in [0.2, 0.25) is 0 Å². The molecular formula is C46H39NO5. The maximum absolute atomic E-state index is 12.0. The number of ketones is 1. The Morgan fingerprint density at radius 1 is 0.635 bits per heavy atom. The van der Waals surface area contributed by atoms with Crippen molar-refractivity contribution in [2.24, 2.45) is 0 Å². The maximum atomic E-state index is 12.0. The molecule has 6 aromatic carbocycles. The summed E-state index contributed by atoms with van der Waals surface area (Å²) in [5, 5.41) is 0. The molecule has 52 heavy (non-hydrogen) atoms. The maximum Gasteiger partial charge on any atom is 0.514 e. The van der Waals surface area contributed by atoms with E-state index in [9.17, 15) is 9.59 Å². The molecule has 0 unspecified atom stereocenters. The van der Waals surface area contributed by atoms with Gasteiger partial charge < -0.3 is 19.1 Å². The smallest absolute Gasteiger partial charge is 0.497 e. The van der Waals surface area contributed by atoms with E-state index in [1.165, 1.54) is 29.2 Å². The number of para-hydroxylation sites is 1. The van der Waals surface area contributed by atoms with Crippen LogP contribution in [-0.2, 0) is 14.9 Å². The van der Waals surface area contributed by atoms with Crippen LogP contribution in [0.25, 0.3) is 22.8 Å². The topological polar surface area (TPSA) is 65.1 Å². The highest BCUT2D eigenvalue weighted by molar-refractivity contribution is 5.92. The minimum Gasteiger partial charge on any atom is -0.497 e. The Balaban J connectivity index is 1.23. The minimum atomic E-state index is -0.924. The van der Waals surface area contributed by atoms with Gasteiger partial charge in [0, 0.05) is 22.5 Å². The van der Waals surface area contributed by atoms with Gasteiger partial charge in [-0.1, -0.05) is 98.8 Å². The predicted octanol–water partition coefficient (Wildman–Crippen LogP) is 11.2. The summed E-state index contributed by atoms with van der Waals surface area (Å²) in [4.78, 5) is 25.5. The van der Waals surface area contributed by atoms with E-state index < -0.39 is 6.16 Å². The van der Waals surface area contributed by atoms with Crippen LogP contribution in [0.4, 0.5) is 21.9 Å². The number of anilines is 3. The fourth-order valence-corrected chi connectivity index (χ4v) is 6.83. The van der Waals surface area contributed by atoms with Gasteiger partial charge in [-0.2, -0.15) is 0 Å². The first-order chi connectivity index (χ1) is 25.2. The van der Waals surface area contributed by atoms with E-state index in [1.807, 2.05) is 42.5 Å². The minimum absolute atomic E-state index is 0.111. The molecule has 0 heterocycles. The van der Waals surface area contributed by atoms with Crippen molar-refractivity contribution in [1.82, 2.24) is 0 Å². The van der Waals surface area contributed by atoms with Gasteiger partial charge in [-0.05, 0) is 118 Å². The molecular weight excluding hydrogens is 647 g/mol. The number of methoxy groups -OCH3 is 1. The summed E-state index contributed by atoms with van der Waals surface area (Å²) in [6, 6.07) is 49.7. The van der Waals surface area contributed by atoms with Gasteiger partial charge in [-0.25, -0.2) is 4.79 Å². The first kappa shape index (κ1) is 34.1. The van der Waals surface area contributed by atoms with Crippen molar-refractivity contribution >= 4 is 40.6 Å². The number of ether oxygens (including phenoxy) is 3. The molecule has 258 valence electrons. The number of benzene rings is 6. The molecule has 0 aromatic heterocycles. The Labute approximate surface area is 304 Å². The number of fused-ring (bicyclic) bond motifs is 3. The molecule has 0 aliphatic heterocycles. The van der Waals surface area contributed by atoms with E-state index in [0.717, 1.165) is 45.1 Å². The molecule has 6 nitrogen and oxygen atoms in total. The molecule has 6 heteroatoms. The first-order valence-corrected chi connectivity index (χ1v) is 17.2. The Kier molecular flexibility index (Phi) is 9.47. The zero-order chi connectivity index (χ0) is 36.2. The molecule has 0 spiro atoms. The van der Waals surface area contributed by atoms with Gasteiger partial charge in [0.2, 0.25) is 0 Å². The number of carbonyl (C=O) groups excluding carboxylic acids is 2. The summed E-state index contributed by atoms with van der Waals surface area (Å²) in [7, 11) is 1.65. The van der Waals surface area contributed by atoms with Crippen LogP contribution in [0.5, 0.6) is 11.5 Å². The number of rotatable bonds is 10. The van der Waals surface area contributed by atoms with Gasteiger partial charge in [0.25, 0.3) is 0 Å². The quantitative estimate of drug-likeness (QED) is 0.0812. The third-order valence-electron chi connectivity index (χ3n) is 9.46. The molecule has 0 N–H and O–H groups in total. The molecule has 0 amide bonds. The first-order valence-electron chi connectivity index (χ1n) is 17.2. The number of Topliss-reactive ketones (excluding diaryl/α,β-unsaturated/α-hetero) is 1. The number of hydrogen-bond donors (Lipinski definition) is 0. The highest BCUT2D eigenvalue weighted by atomic mass is 16.7. The molecule has 0 saturated heterocycles. The van der Waals surface area contributed by atoms with Crippen molar-refractivity contribution in [3.05, 3.63) is 173 Å². The van der Waals surface area contributed by atoms with Crippen LogP contribution in [0.15, 0.2) is 146 Å². The molecule has 1 aliphatic carbocycles. The Hall–Kier alpha value is -6.40. The van der Waals surface area contributed by atoms with Crippen LogP contribution in [0.1, 0.15) is 48.6 Å². The monoisotopic (exact) mass is 685 g/mol.